The summed E-state index contributed by atoms with van der Waals surface area (Å²) in [4.78, 5) is 14.8. The van der Waals surface area contributed by atoms with Crippen molar-refractivity contribution in [2.24, 2.45) is 34.5 Å². The fourth-order valence-electron chi connectivity index (χ4n) is 6.04. The summed E-state index contributed by atoms with van der Waals surface area (Å²) in [5.74, 6) is 12.5. The molecule has 134 valence electrons. The molecule has 0 aromatic rings. The predicted octanol–water partition coefficient (Wildman–Crippen LogP) is 1.53. The van der Waals surface area contributed by atoms with Crippen molar-refractivity contribution in [3.05, 3.63) is 29.7 Å². The molecule has 0 aromatic heterocycles. The van der Waals surface area contributed by atoms with Gasteiger partial charge in [-0.3, -0.25) is 4.79 Å². The fourth-order valence-corrected chi connectivity index (χ4v) is 6.04. The molecule has 0 amide bonds. The normalized spacial score (nSPS) is 40.9. The van der Waals surface area contributed by atoms with E-state index in [1.807, 2.05) is 6.08 Å². The molecule has 4 aliphatic rings. The molecular weight excluding hydrogens is 511 g/mol. The smallest absolute Gasteiger partial charge is 0.529 e. The molecule has 2 saturated carbocycles. The molecule has 5 atom stereocenters. The Labute approximate surface area is 208 Å². The quantitative estimate of drug-likeness (QED) is 0.288. The number of carbonyl (C=O) groups is 1. The Morgan fingerprint density at radius 2 is 1.88 bits per heavy atom. The van der Waals surface area contributed by atoms with E-state index in [9.17, 15) is 4.79 Å². The summed E-state index contributed by atoms with van der Waals surface area (Å²) in [6, 6.07) is 0. The van der Waals surface area contributed by atoms with Crippen LogP contribution >= 0.6 is 0 Å². The second-order valence-corrected chi connectivity index (χ2v) is 8.27. The van der Waals surface area contributed by atoms with Crippen molar-refractivity contribution in [2.45, 2.75) is 58.8 Å². The number of fused-ring (bicyclic) bond motifs is 5. The minimum atomic E-state index is 0. The molecule has 25 heavy (non-hydrogen) atoms. The number of hydrogen-bond donors (Lipinski definition) is 1. The standard InChI is InChI=1S/C19H26O.K.H3N2O.W/c1-18-9-3-4-16(18)15-6-5-13-12-14(20)7-11-19(13,2)17(15)8-10-18;;1-3-2;/h3,9,12,15-17H,4-8,10-11H2,1-2H3;;1H,2H2;/q;+1;-1;/t15?,16?,17?,18-,19-;;;/m0.../s1. The average Bonchev–Trinajstić information content (AvgIpc) is 2.90. The van der Waals surface area contributed by atoms with Crippen LogP contribution in [0.2, 0.25) is 0 Å². The minimum Gasteiger partial charge on any atom is -0.529 e. The second kappa shape index (κ2) is 9.71. The first kappa shape index (κ1) is 24.4. The van der Waals surface area contributed by atoms with Crippen molar-refractivity contribution in [2.75, 3.05) is 0 Å². The maximum atomic E-state index is 11.8. The molecule has 2 fully saturated rings. The van der Waals surface area contributed by atoms with Crippen LogP contribution in [0.15, 0.2) is 23.8 Å². The van der Waals surface area contributed by atoms with Crippen LogP contribution in [0, 0.1) is 28.6 Å². The maximum absolute atomic E-state index is 11.8. The van der Waals surface area contributed by atoms with Gasteiger partial charge in [0.05, 0.1) is 0 Å². The maximum Gasteiger partial charge on any atom is 1.00 e. The van der Waals surface area contributed by atoms with E-state index in [1.165, 1.54) is 37.7 Å². The average molecular weight is 540 g/mol. The van der Waals surface area contributed by atoms with Gasteiger partial charge < -0.3 is 10.8 Å². The van der Waals surface area contributed by atoms with E-state index in [1.54, 1.807) is 0 Å². The number of hydrogen-bond acceptors (Lipinski definition) is 3. The summed E-state index contributed by atoms with van der Waals surface area (Å²) in [5.41, 5.74) is 2.30. The third-order valence-corrected chi connectivity index (χ3v) is 7.29. The van der Waals surface area contributed by atoms with Crippen molar-refractivity contribution in [3.8, 4) is 0 Å². The van der Waals surface area contributed by atoms with Crippen LogP contribution in [0.3, 0.4) is 0 Å². The molecule has 4 nitrogen and oxygen atoms in total. The van der Waals surface area contributed by atoms with Crippen molar-refractivity contribution in [1.82, 2.24) is 0 Å². The molecule has 4 aliphatic carbocycles. The number of allylic oxidation sites excluding steroid dienone is 4. The van der Waals surface area contributed by atoms with Gasteiger partial charge in [-0.25, -0.2) is 5.90 Å². The number of nitrogens with one attached hydrogen (secondary N) is 1. The molecule has 3 unspecified atom stereocenters. The molecular formula is C19H29KN2O2W. The van der Waals surface area contributed by atoms with Gasteiger partial charge in [0.1, 0.15) is 0 Å². The van der Waals surface area contributed by atoms with Gasteiger partial charge >= 0.3 is 51.4 Å². The summed E-state index contributed by atoms with van der Waals surface area (Å²) in [5, 5.41) is 0. The van der Waals surface area contributed by atoms with Crippen molar-refractivity contribution in [1.29, 1.82) is 0 Å². The molecule has 0 bridgehead atoms. The van der Waals surface area contributed by atoms with Gasteiger partial charge in [-0.15, -0.1) is 0 Å². The molecule has 0 aromatic carbocycles. The van der Waals surface area contributed by atoms with Crippen LogP contribution in [0.25, 0.3) is 5.90 Å². The largest absolute Gasteiger partial charge is 1.00 e. The van der Waals surface area contributed by atoms with Gasteiger partial charge in [0, 0.05) is 27.5 Å². The van der Waals surface area contributed by atoms with Crippen LogP contribution in [0.5, 0.6) is 0 Å². The summed E-state index contributed by atoms with van der Waals surface area (Å²) >= 11 is 0. The zero-order valence-corrected chi connectivity index (χ0v) is 21.8. The first-order valence-electron chi connectivity index (χ1n) is 8.88. The van der Waals surface area contributed by atoms with Crippen LogP contribution in [-0.4, -0.2) is 5.78 Å². The molecule has 0 aliphatic heterocycles. The summed E-state index contributed by atoms with van der Waals surface area (Å²) in [6.45, 7) is 4.95. The van der Waals surface area contributed by atoms with Crippen LogP contribution < -0.4 is 57.3 Å². The molecule has 0 spiro atoms. The molecule has 0 radical (unpaired) electrons. The van der Waals surface area contributed by atoms with Gasteiger partial charge in [-0.05, 0) is 73.2 Å². The SMILES string of the molecule is C[C@@]12C=CCC1C1CCC3=CC(=O)CC[C@]3(C)C1CC2.[K+].[NH-]ON.[W]. The first-order valence-corrected chi connectivity index (χ1v) is 8.88. The Hall–Kier alpha value is 1.35. The summed E-state index contributed by atoms with van der Waals surface area (Å²) in [7, 11) is 0. The van der Waals surface area contributed by atoms with E-state index in [0.29, 0.717) is 16.6 Å². The third-order valence-electron chi connectivity index (χ3n) is 7.29. The van der Waals surface area contributed by atoms with Crippen molar-refractivity contribution in [3.63, 3.8) is 0 Å². The molecule has 0 saturated heterocycles. The summed E-state index contributed by atoms with van der Waals surface area (Å²) in [6.07, 6.45) is 15.4. The van der Waals surface area contributed by atoms with Gasteiger partial charge in [-0.2, -0.15) is 0 Å². The van der Waals surface area contributed by atoms with Gasteiger partial charge in [0.15, 0.2) is 5.78 Å². The van der Waals surface area contributed by atoms with Crippen LogP contribution in [0.1, 0.15) is 58.8 Å². The number of carbonyl (C=O) groups excluding carboxylic acids is 1. The Kier molecular flexibility index (Phi) is 9.47. The molecule has 0 heterocycles. The van der Waals surface area contributed by atoms with E-state index < -0.39 is 0 Å². The molecule has 6 heteroatoms. The molecule has 3 N–H and O–H groups in total. The minimum absolute atomic E-state index is 0. The zero-order chi connectivity index (χ0) is 16.7. The van der Waals surface area contributed by atoms with E-state index >= 15 is 0 Å². The van der Waals surface area contributed by atoms with Crippen molar-refractivity contribution >= 4 is 5.78 Å². The fraction of sp³-hybridized carbons (Fsp3) is 0.737. The number of ketones is 1. The zero-order valence-electron chi connectivity index (χ0n) is 15.7. The van der Waals surface area contributed by atoms with Gasteiger partial charge in [-0.1, -0.05) is 31.6 Å². The van der Waals surface area contributed by atoms with Crippen LogP contribution in [-0.2, 0) is 30.8 Å². The van der Waals surface area contributed by atoms with E-state index in [2.05, 4.69) is 36.8 Å². The number of nitrogens with two attached hydrogens (primary N) is 1. The predicted molar refractivity (Wildman–Crippen MR) is 90.8 cm³/mol. The Morgan fingerprint density at radius 1 is 1.20 bits per heavy atom. The molecule has 4 rings (SSSR count). The summed E-state index contributed by atoms with van der Waals surface area (Å²) < 4.78 is 0. The van der Waals surface area contributed by atoms with Crippen molar-refractivity contribution < 1.29 is 82.2 Å². The number of rotatable bonds is 0. The second-order valence-electron chi connectivity index (χ2n) is 8.27. The third kappa shape index (κ3) is 4.51. The Balaban J connectivity index is 0.000000586. The van der Waals surface area contributed by atoms with Crippen LogP contribution in [0.4, 0.5) is 0 Å². The Bertz CT molecular complexity index is 554. The van der Waals surface area contributed by atoms with Gasteiger partial charge in [0.25, 0.3) is 0 Å². The topological polar surface area (TPSA) is 76.1 Å². The Morgan fingerprint density at radius 3 is 2.56 bits per heavy atom. The van der Waals surface area contributed by atoms with Gasteiger partial charge in [0.2, 0.25) is 0 Å². The van der Waals surface area contributed by atoms with E-state index in [4.69, 9.17) is 5.90 Å². The van der Waals surface area contributed by atoms with E-state index in [0.717, 1.165) is 30.6 Å². The van der Waals surface area contributed by atoms with E-state index in [-0.39, 0.29) is 72.4 Å². The first-order chi connectivity index (χ1) is 10.9. The monoisotopic (exact) mass is 540 g/mol.